The fraction of sp³-hybridized carbons (Fsp3) is 0. The number of aromatic hydroxyl groups is 1. The Morgan fingerprint density at radius 1 is 0.903 bits per heavy atom. The number of nitro benzene ring substituents is 1. The third-order valence-corrected chi connectivity index (χ3v) is 4.96. The van der Waals surface area contributed by atoms with E-state index in [2.05, 4.69) is 0 Å². The second-order valence-corrected chi connectivity index (χ2v) is 6.64. The zero-order valence-corrected chi connectivity index (χ0v) is 15.8. The first-order valence-corrected chi connectivity index (χ1v) is 9.03. The van der Waals surface area contributed by atoms with Crippen molar-refractivity contribution in [3.8, 4) is 11.5 Å². The van der Waals surface area contributed by atoms with Crippen LogP contribution in [0.5, 0.6) is 11.5 Å². The third kappa shape index (κ3) is 3.25. The number of fused-ring (bicyclic) bond motifs is 2. The molecule has 0 bridgehead atoms. The van der Waals surface area contributed by atoms with E-state index in [4.69, 9.17) is 4.74 Å². The fourth-order valence-corrected chi connectivity index (χ4v) is 3.51. The third-order valence-electron chi connectivity index (χ3n) is 4.96. The number of carbonyl (C=O) groups is 3. The molecule has 0 heterocycles. The second kappa shape index (κ2) is 7.68. The Balaban J connectivity index is 1.82. The molecule has 0 saturated carbocycles. The average Bonchev–Trinajstić information content (AvgIpc) is 2.77. The second-order valence-electron chi connectivity index (χ2n) is 6.64. The zero-order chi connectivity index (χ0) is 22.1. The normalized spacial score (nSPS) is 10.7. The van der Waals surface area contributed by atoms with Crippen molar-refractivity contribution in [2.45, 2.75) is 0 Å². The molecule has 152 valence electrons. The molecule has 1 N–H and O–H groups in total. The smallest absolute Gasteiger partial charge is 0.347 e. The van der Waals surface area contributed by atoms with Gasteiger partial charge in [-0.05, 0) is 29.0 Å². The number of hydrogen-bond donors (Lipinski definition) is 1. The standard InChI is InChI=1S/C23H13NO7/c25-11-18-15-6-3-7-20(24(29)30)16(15)8-9-21(18)31-23(28)17-10-13-4-1-2-5-14(13)19(12-26)22(17)27/h1-12,27H. The molecule has 0 unspecified atom stereocenters. The van der Waals surface area contributed by atoms with Crippen molar-refractivity contribution in [2.24, 2.45) is 0 Å². The van der Waals surface area contributed by atoms with Crippen molar-refractivity contribution in [2.75, 3.05) is 0 Å². The Morgan fingerprint density at radius 3 is 2.32 bits per heavy atom. The minimum Gasteiger partial charge on any atom is -0.506 e. The average molecular weight is 415 g/mol. The molecular formula is C23H13NO7. The van der Waals surface area contributed by atoms with Crippen LogP contribution in [0.2, 0.25) is 0 Å². The van der Waals surface area contributed by atoms with E-state index in [1.54, 1.807) is 24.3 Å². The molecule has 0 saturated heterocycles. The SMILES string of the molecule is O=Cc1c(O)c(C(=O)Oc2ccc3c([N+](=O)[O-])cccc3c2C=O)cc2ccccc12. The number of carbonyl (C=O) groups excluding carboxylic acids is 3. The highest BCUT2D eigenvalue weighted by Crippen LogP contribution is 2.34. The number of ether oxygens (including phenoxy) is 1. The first kappa shape index (κ1) is 19.7. The van der Waals surface area contributed by atoms with Crippen LogP contribution in [0.15, 0.2) is 60.7 Å². The Bertz CT molecular complexity index is 1410. The Kier molecular flexibility index (Phi) is 4.88. The fourth-order valence-electron chi connectivity index (χ4n) is 3.51. The summed E-state index contributed by atoms with van der Waals surface area (Å²) in [6.45, 7) is 0. The van der Waals surface area contributed by atoms with Crippen molar-refractivity contribution in [1.82, 2.24) is 0 Å². The molecule has 31 heavy (non-hydrogen) atoms. The summed E-state index contributed by atoms with van der Waals surface area (Å²) >= 11 is 0. The topological polar surface area (TPSA) is 124 Å². The number of aldehydes is 2. The van der Waals surface area contributed by atoms with Gasteiger partial charge in [0, 0.05) is 11.5 Å². The van der Waals surface area contributed by atoms with Gasteiger partial charge in [0.05, 0.1) is 21.4 Å². The number of phenolic OH excluding ortho intramolecular Hbond substituents is 1. The van der Waals surface area contributed by atoms with Gasteiger partial charge in [-0.2, -0.15) is 0 Å². The maximum Gasteiger partial charge on any atom is 0.347 e. The van der Waals surface area contributed by atoms with Gasteiger partial charge in [-0.25, -0.2) is 4.79 Å². The monoisotopic (exact) mass is 415 g/mol. The molecule has 8 nitrogen and oxygen atoms in total. The van der Waals surface area contributed by atoms with E-state index in [-0.39, 0.29) is 38.9 Å². The van der Waals surface area contributed by atoms with Gasteiger partial charge >= 0.3 is 5.97 Å². The molecule has 8 heteroatoms. The van der Waals surface area contributed by atoms with E-state index in [9.17, 15) is 29.6 Å². The van der Waals surface area contributed by atoms with Gasteiger partial charge in [0.1, 0.15) is 17.1 Å². The molecule has 0 spiro atoms. The number of non-ortho nitro benzene ring substituents is 1. The maximum atomic E-state index is 12.8. The lowest BCUT2D eigenvalue weighted by Crippen LogP contribution is -2.11. The summed E-state index contributed by atoms with van der Waals surface area (Å²) in [5.41, 5.74) is -0.557. The maximum absolute atomic E-state index is 12.8. The van der Waals surface area contributed by atoms with Crippen LogP contribution in [-0.4, -0.2) is 28.6 Å². The van der Waals surface area contributed by atoms with Crippen molar-refractivity contribution in [3.63, 3.8) is 0 Å². The Hall–Kier alpha value is -4.59. The van der Waals surface area contributed by atoms with Crippen LogP contribution < -0.4 is 4.74 Å². The highest BCUT2D eigenvalue weighted by atomic mass is 16.6. The lowest BCUT2D eigenvalue weighted by Gasteiger charge is -2.12. The predicted octanol–water partition coefficient (Wildman–Crippen LogP) is 4.45. The van der Waals surface area contributed by atoms with Crippen LogP contribution in [0.1, 0.15) is 31.1 Å². The molecule has 0 aliphatic rings. The number of rotatable bonds is 5. The van der Waals surface area contributed by atoms with Crippen LogP contribution in [0.25, 0.3) is 21.5 Å². The molecular weight excluding hydrogens is 402 g/mol. The first-order chi connectivity index (χ1) is 15.0. The van der Waals surface area contributed by atoms with Gasteiger partial charge < -0.3 is 9.84 Å². The quantitative estimate of drug-likeness (QED) is 0.168. The molecule has 0 aromatic heterocycles. The Labute approximate surface area is 174 Å². The van der Waals surface area contributed by atoms with Gasteiger partial charge in [-0.15, -0.1) is 0 Å². The van der Waals surface area contributed by atoms with Gasteiger partial charge in [-0.3, -0.25) is 19.7 Å². The molecule has 0 atom stereocenters. The Morgan fingerprint density at radius 2 is 1.61 bits per heavy atom. The number of nitro groups is 1. The van der Waals surface area contributed by atoms with E-state index in [0.29, 0.717) is 23.3 Å². The molecule has 0 fully saturated rings. The highest BCUT2D eigenvalue weighted by Gasteiger charge is 2.22. The van der Waals surface area contributed by atoms with Crippen molar-refractivity contribution < 1.29 is 29.2 Å². The lowest BCUT2D eigenvalue weighted by atomic mass is 10.00. The summed E-state index contributed by atoms with van der Waals surface area (Å²) in [4.78, 5) is 46.7. The summed E-state index contributed by atoms with van der Waals surface area (Å²) in [6.07, 6.45) is 0.881. The van der Waals surface area contributed by atoms with Crippen LogP contribution in [0, 0.1) is 10.1 Å². The van der Waals surface area contributed by atoms with E-state index in [1.165, 1.54) is 36.4 Å². The number of nitrogens with zero attached hydrogens (tertiary/aromatic N) is 1. The number of benzene rings is 4. The van der Waals surface area contributed by atoms with Crippen molar-refractivity contribution >= 4 is 45.8 Å². The summed E-state index contributed by atoms with van der Waals surface area (Å²) in [6, 6.07) is 15.0. The molecule has 0 aliphatic heterocycles. The van der Waals surface area contributed by atoms with Gasteiger partial charge in [-0.1, -0.05) is 36.4 Å². The van der Waals surface area contributed by atoms with Crippen molar-refractivity contribution in [3.05, 3.63) is 87.5 Å². The van der Waals surface area contributed by atoms with E-state index in [1.807, 2.05) is 0 Å². The zero-order valence-electron chi connectivity index (χ0n) is 15.8. The molecule has 0 radical (unpaired) electrons. The number of esters is 1. The molecule has 0 aliphatic carbocycles. The van der Waals surface area contributed by atoms with Gasteiger partial charge in [0.2, 0.25) is 0 Å². The van der Waals surface area contributed by atoms with Gasteiger partial charge in [0.25, 0.3) is 5.69 Å². The van der Waals surface area contributed by atoms with E-state index in [0.717, 1.165) is 0 Å². The largest absolute Gasteiger partial charge is 0.506 e. The highest BCUT2D eigenvalue weighted by molar-refractivity contribution is 6.09. The van der Waals surface area contributed by atoms with Crippen LogP contribution in [0.4, 0.5) is 5.69 Å². The van der Waals surface area contributed by atoms with E-state index >= 15 is 0 Å². The molecule has 0 amide bonds. The van der Waals surface area contributed by atoms with Crippen LogP contribution >= 0.6 is 0 Å². The van der Waals surface area contributed by atoms with Crippen LogP contribution in [0.3, 0.4) is 0 Å². The first-order valence-electron chi connectivity index (χ1n) is 9.03. The van der Waals surface area contributed by atoms with Gasteiger partial charge in [0.15, 0.2) is 12.6 Å². The summed E-state index contributed by atoms with van der Waals surface area (Å²) in [7, 11) is 0. The summed E-state index contributed by atoms with van der Waals surface area (Å²) < 4.78 is 5.34. The minimum atomic E-state index is -0.987. The summed E-state index contributed by atoms with van der Waals surface area (Å²) in [5.74, 6) is -1.66. The van der Waals surface area contributed by atoms with E-state index < -0.39 is 16.6 Å². The summed E-state index contributed by atoms with van der Waals surface area (Å²) in [5, 5.41) is 23.2. The van der Waals surface area contributed by atoms with Crippen molar-refractivity contribution in [1.29, 1.82) is 0 Å². The lowest BCUT2D eigenvalue weighted by molar-refractivity contribution is -0.383. The minimum absolute atomic E-state index is 0.0505. The number of phenols is 1. The molecule has 4 aromatic carbocycles. The predicted molar refractivity (Wildman–Crippen MR) is 112 cm³/mol. The molecule has 4 rings (SSSR count). The molecule has 4 aromatic rings. The van der Waals surface area contributed by atoms with Crippen LogP contribution in [-0.2, 0) is 0 Å². The number of hydrogen-bond acceptors (Lipinski definition) is 7.